The summed E-state index contributed by atoms with van der Waals surface area (Å²) in [4.78, 5) is 25.4. The van der Waals surface area contributed by atoms with Crippen LogP contribution >= 0.6 is 0 Å². The summed E-state index contributed by atoms with van der Waals surface area (Å²) in [5, 5.41) is 8.86. The van der Waals surface area contributed by atoms with Crippen LogP contribution in [0.4, 0.5) is 11.4 Å². The maximum absolute atomic E-state index is 12.2. The third kappa shape index (κ3) is 2.94. The topological polar surface area (TPSA) is 78.1 Å². The van der Waals surface area contributed by atoms with Crippen LogP contribution in [-0.4, -0.2) is 29.2 Å². The van der Waals surface area contributed by atoms with Crippen molar-refractivity contribution in [3.63, 3.8) is 0 Å². The van der Waals surface area contributed by atoms with Gasteiger partial charge in [0.1, 0.15) is 5.69 Å². The third-order valence-electron chi connectivity index (χ3n) is 3.51. The number of aromatic nitrogens is 2. The van der Waals surface area contributed by atoms with Gasteiger partial charge in [0.25, 0.3) is 11.5 Å². The molecule has 2 aromatic rings. The molecule has 0 radical (unpaired) electrons. The molecule has 108 valence electrons. The number of carbonyl (C=O) groups excluding carboxylic acids is 1. The molecule has 6 heteroatoms. The van der Waals surface area contributed by atoms with E-state index in [0.717, 1.165) is 24.5 Å². The van der Waals surface area contributed by atoms with Gasteiger partial charge in [0.15, 0.2) is 0 Å². The molecule has 1 saturated heterocycles. The van der Waals surface area contributed by atoms with Crippen LogP contribution in [-0.2, 0) is 0 Å². The van der Waals surface area contributed by atoms with Crippen molar-refractivity contribution in [2.45, 2.75) is 12.8 Å². The number of aromatic amines is 1. The molecule has 0 spiro atoms. The molecule has 2 N–H and O–H groups in total. The molecule has 2 heterocycles. The molecule has 21 heavy (non-hydrogen) atoms. The summed E-state index contributed by atoms with van der Waals surface area (Å²) in [7, 11) is 0. The van der Waals surface area contributed by atoms with Crippen LogP contribution in [0.15, 0.2) is 41.2 Å². The molecule has 0 unspecified atom stereocenters. The molecule has 6 nitrogen and oxygen atoms in total. The Kier molecular flexibility index (Phi) is 3.68. The van der Waals surface area contributed by atoms with E-state index in [1.807, 2.05) is 24.3 Å². The summed E-state index contributed by atoms with van der Waals surface area (Å²) >= 11 is 0. The Hall–Kier alpha value is -2.63. The minimum atomic E-state index is -0.335. The van der Waals surface area contributed by atoms with Crippen LogP contribution in [0.25, 0.3) is 0 Å². The predicted molar refractivity (Wildman–Crippen MR) is 80.7 cm³/mol. The molecular formula is C15H16N4O2. The van der Waals surface area contributed by atoms with Crippen molar-refractivity contribution in [1.29, 1.82) is 0 Å². The van der Waals surface area contributed by atoms with E-state index in [-0.39, 0.29) is 17.2 Å². The number of anilines is 2. The van der Waals surface area contributed by atoms with Crippen LogP contribution in [0.1, 0.15) is 23.3 Å². The van der Waals surface area contributed by atoms with Gasteiger partial charge in [-0.1, -0.05) is 12.1 Å². The van der Waals surface area contributed by atoms with E-state index < -0.39 is 0 Å². The Morgan fingerprint density at radius 1 is 1.14 bits per heavy atom. The smallest absolute Gasteiger partial charge is 0.276 e. The van der Waals surface area contributed by atoms with E-state index in [9.17, 15) is 9.59 Å². The highest BCUT2D eigenvalue weighted by Gasteiger charge is 2.17. The maximum atomic E-state index is 12.2. The van der Waals surface area contributed by atoms with Crippen molar-refractivity contribution < 1.29 is 4.79 Å². The number of hydrogen-bond acceptors (Lipinski definition) is 4. The lowest BCUT2D eigenvalue weighted by Crippen LogP contribution is -2.22. The number of rotatable bonds is 3. The van der Waals surface area contributed by atoms with Gasteiger partial charge in [-0.05, 0) is 31.0 Å². The summed E-state index contributed by atoms with van der Waals surface area (Å²) in [5.41, 5.74) is 1.64. The zero-order valence-corrected chi connectivity index (χ0v) is 11.5. The second-order valence-electron chi connectivity index (χ2n) is 4.97. The van der Waals surface area contributed by atoms with Crippen LogP contribution in [0.3, 0.4) is 0 Å². The number of para-hydroxylation sites is 2. The van der Waals surface area contributed by atoms with E-state index in [0.29, 0.717) is 0 Å². The van der Waals surface area contributed by atoms with Crippen molar-refractivity contribution in [3.8, 4) is 0 Å². The Morgan fingerprint density at radius 2 is 1.90 bits per heavy atom. The third-order valence-corrected chi connectivity index (χ3v) is 3.51. The van der Waals surface area contributed by atoms with Gasteiger partial charge in [-0.3, -0.25) is 9.59 Å². The van der Waals surface area contributed by atoms with Crippen molar-refractivity contribution in [1.82, 2.24) is 10.2 Å². The summed E-state index contributed by atoms with van der Waals surface area (Å²) in [6.07, 6.45) is 2.34. The molecule has 1 aliphatic rings. The zero-order chi connectivity index (χ0) is 14.7. The molecule has 0 atom stereocenters. The molecule has 1 aromatic carbocycles. The zero-order valence-electron chi connectivity index (χ0n) is 11.5. The summed E-state index contributed by atoms with van der Waals surface area (Å²) < 4.78 is 0. The molecule has 1 fully saturated rings. The lowest BCUT2D eigenvalue weighted by Gasteiger charge is -2.21. The second kappa shape index (κ2) is 5.78. The molecule has 1 aromatic heterocycles. The maximum Gasteiger partial charge on any atom is 0.276 e. The van der Waals surface area contributed by atoms with E-state index in [1.165, 1.54) is 25.0 Å². The molecule has 1 amide bonds. The van der Waals surface area contributed by atoms with Gasteiger partial charge in [0.05, 0.1) is 11.4 Å². The lowest BCUT2D eigenvalue weighted by atomic mass is 10.2. The van der Waals surface area contributed by atoms with Gasteiger partial charge in [-0.2, -0.15) is 5.10 Å². The van der Waals surface area contributed by atoms with Crippen molar-refractivity contribution in [2.75, 3.05) is 23.3 Å². The fourth-order valence-corrected chi connectivity index (χ4v) is 2.47. The molecule has 1 aliphatic heterocycles. The lowest BCUT2D eigenvalue weighted by molar-refractivity contribution is 0.102. The number of amides is 1. The standard InChI is InChI=1S/C15H16N4O2/c20-14-8-7-12(17-18-14)15(21)16-11-5-1-2-6-13(11)19-9-3-4-10-19/h1-2,5-8H,3-4,9-10H2,(H,16,21)(H,18,20). The molecule has 3 rings (SSSR count). The Labute approximate surface area is 121 Å². The summed E-state index contributed by atoms with van der Waals surface area (Å²) in [5.74, 6) is -0.335. The van der Waals surface area contributed by atoms with Crippen LogP contribution in [0, 0.1) is 0 Å². The average Bonchev–Trinajstić information content (AvgIpc) is 3.02. The van der Waals surface area contributed by atoms with Gasteiger partial charge in [0.2, 0.25) is 0 Å². The van der Waals surface area contributed by atoms with Crippen LogP contribution in [0.2, 0.25) is 0 Å². The number of H-pyrrole nitrogens is 1. The van der Waals surface area contributed by atoms with E-state index >= 15 is 0 Å². The SMILES string of the molecule is O=C(Nc1ccccc1N1CCCC1)c1ccc(=O)[nH]n1. The van der Waals surface area contributed by atoms with Crippen molar-refractivity contribution in [2.24, 2.45) is 0 Å². The first-order valence-corrected chi connectivity index (χ1v) is 6.95. The Bertz CT molecular complexity index is 684. The van der Waals surface area contributed by atoms with Crippen LogP contribution in [0.5, 0.6) is 0 Å². The fraction of sp³-hybridized carbons (Fsp3) is 0.267. The molecule has 0 saturated carbocycles. The minimum absolute atomic E-state index is 0.186. The van der Waals surface area contributed by atoms with E-state index in [1.54, 1.807) is 0 Å². The number of carbonyl (C=O) groups is 1. The fourth-order valence-electron chi connectivity index (χ4n) is 2.47. The monoisotopic (exact) mass is 284 g/mol. The van der Waals surface area contributed by atoms with Gasteiger partial charge in [-0.25, -0.2) is 5.10 Å². The average molecular weight is 284 g/mol. The Morgan fingerprint density at radius 3 is 2.62 bits per heavy atom. The number of benzene rings is 1. The number of nitrogens with zero attached hydrogens (tertiary/aromatic N) is 2. The first-order chi connectivity index (χ1) is 10.2. The highest BCUT2D eigenvalue weighted by Crippen LogP contribution is 2.28. The minimum Gasteiger partial charge on any atom is -0.370 e. The molecule has 0 aliphatic carbocycles. The predicted octanol–water partition coefficient (Wildman–Crippen LogP) is 1.62. The van der Waals surface area contributed by atoms with Crippen molar-refractivity contribution >= 4 is 17.3 Å². The van der Waals surface area contributed by atoms with E-state index in [4.69, 9.17) is 0 Å². The largest absolute Gasteiger partial charge is 0.370 e. The quantitative estimate of drug-likeness (QED) is 0.898. The van der Waals surface area contributed by atoms with Crippen LogP contribution < -0.4 is 15.8 Å². The van der Waals surface area contributed by atoms with Gasteiger partial charge < -0.3 is 10.2 Å². The molecular weight excluding hydrogens is 268 g/mol. The van der Waals surface area contributed by atoms with Gasteiger partial charge >= 0.3 is 0 Å². The first-order valence-electron chi connectivity index (χ1n) is 6.95. The summed E-state index contributed by atoms with van der Waals surface area (Å²) in [6, 6.07) is 10.4. The second-order valence-corrected chi connectivity index (χ2v) is 4.97. The highest BCUT2D eigenvalue weighted by molar-refractivity contribution is 6.04. The number of nitrogens with one attached hydrogen (secondary N) is 2. The van der Waals surface area contributed by atoms with Gasteiger partial charge in [0, 0.05) is 19.2 Å². The summed E-state index contributed by atoms with van der Waals surface area (Å²) in [6.45, 7) is 2.01. The normalized spacial score (nSPS) is 14.2. The number of hydrogen-bond donors (Lipinski definition) is 2. The first kappa shape index (κ1) is 13.4. The Balaban J connectivity index is 1.82. The highest BCUT2D eigenvalue weighted by atomic mass is 16.2. The van der Waals surface area contributed by atoms with Gasteiger partial charge in [-0.15, -0.1) is 0 Å². The van der Waals surface area contributed by atoms with Crippen molar-refractivity contribution in [3.05, 3.63) is 52.4 Å². The molecule has 0 bridgehead atoms. The van der Waals surface area contributed by atoms with E-state index in [2.05, 4.69) is 20.4 Å².